The zero-order chi connectivity index (χ0) is 19.1. The van der Waals surface area contributed by atoms with Crippen molar-refractivity contribution in [2.24, 2.45) is 0 Å². The average molecular weight is 364 g/mol. The maximum absolute atomic E-state index is 13.2. The van der Waals surface area contributed by atoms with E-state index >= 15 is 0 Å². The van der Waals surface area contributed by atoms with Gasteiger partial charge in [-0.05, 0) is 31.5 Å². The standard InChI is InChI=1S/C20H20N4O3/c1-11-8-16(22-12(2)21-11)19(25)24-10-17-14(9-18(24)20(26)27-3)13-6-4-5-7-15(13)23-17/h4-8,18,23H,9-10H2,1-3H3/t18-/m0/s1. The third kappa shape index (κ3) is 2.95. The van der Waals surface area contributed by atoms with E-state index in [9.17, 15) is 9.59 Å². The summed E-state index contributed by atoms with van der Waals surface area (Å²) in [6.45, 7) is 3.85. The predicted molar refractivity (Wildman–Crippen MR) is 99.2 cm³/mol. The molecule has 7 heteroatoms. The fraction of sp³-hybridized carbons (Fsp3) is 0.300. The first-order chi connectivity index (χ1) is 13.0. The van der Waals surface area contributed by atoms with Crippen molar-refractivity contribution >= 4 is 22.8 Å². The maximum atomic E-state index is 13.2. The highest BCUT2D eigenvalue weighted by atomic mass is 16.5. The lowest BCUT2D eigenvalue weighted by Gasteiger charge is -2.33. The minimum absolute atomic E-state index is 0.286. The van der Waals surface area contributed by atoms with Gasteiger partial charge >= 0.3 is 5.97 Å². The van der Waals surface area contributed by atoms with E-state index in [1.807, 2.05) is 31.2 Å². The van der Waals surface area contributed by atoms with Crippen molar-refractivity contribution in [1.29, 1.82) is 0 Å². The van der Waals surface area contributed by atoms with Crippen LogP contribution in [0.2, 0.25) is 0 Å². The van der Waals surface area contributed by atoms with Gasteiger partial charge in [0.1, 0.15) is 17.6 Å². The number of carbonyl (C=O) groups excluding carboxylic acids is 2. The quantitative estimate of drug-likeness (QED) is 0.705. The minimum atomic E-state index is -0.690. The van der Waals surface area contributed by atoms with Gasteiger partial charge in [0.25, 0.3) is 5.91 Å². The number of carbonyl (C=O) groups is 2. The molecule has 7 nitrogen and oxygen atoms in total. The van der Waals surface area contributed by atoms with E-state index in [0.717, 1.165) is 22.2 Å². The number of benzene rings is 1. The van der Waals surface area contributed by atoms with Crippen molar-refractivity contribution in [2.75, 3.05) is 7.11 Å². The number of aromatic amines is 1. The molecule has 1 aliphatic rings. The second-order valence-corrected chi connectivity index (χ2v) is 6.75. The van der Waals surface area contributed by atoms with Gasteiger partial charge in [0.05, 0.1) is 13.7 Å². The van der Waals surface area contributed by atoms with E-state index < -0.39 is 12.0 Å². The topological polar surface area (TPSA) is 88.2 Å². The van der Waals surface area contributed by atoms with E-state index in [1.165, 1.54) is 12.0 Å². The van der Waals surface area contributed by atoms with Crippen LogP contribution in [0.25, 0.3) is 10.9 Å². The molecule has 3 aromatic rings. The molecule has 0 fully saturated rings. The summed E-state index contributed by atoms with van der Waals surface area (Å²) in [5, 5.41) is 1.07. The highest BCUT2D eigenvalue weighted by molar-refractivity contribution is 5.96. The lowest BCUT2D eigenvalue weighted by atomic mass is 9.96. The van der Waals surface area contributed by atoms with E-state index in [2.05, 4.69) is 15.0 Å². The van der Waals surface area contributed by atoms with E-state index in [-0.39, 0.29) is 11.6 Å². The van der Waals surface area contributed by atoms with Crippen LogP contribution in [0.15, 0.2) is 30.3 Å². The molecule has 0 saturated carbocycles. The van der Waals surface area contributed by atoms with E-state index in [0.29, 0.717) is 24.5 Å². The molecule has 0 bridgehead atoms. The lowest BCUT2D eigenvalue weighted by Crippen LogP contribution is -2.49. The van der Waals surface area contributed by atoms with Crippen LogP contribution in [-0.2, 0) is 22.5 Å². The predicted octanol–water partition coefficient (Wildman–Crippen LogP) is 2.31. The van der Waals surface area contributed by atoms with E-state index in [4.69, 9.17) is 4.74 Å². The van der Waals surface area contributed by atoms with Gasteiger partial charge in [0.2, 0.25) is 0 Å². The molecule has 27 heavy (non-hydrogen) atoms. The molecule has 4 rings (SSSR count). The lowest BCUT2D eigenvalue weighted by molar-refractivity contribution is -0.146. The Hall–Kier alpha value is -3.22. The monoisotopic (exact) mass is 364 g/mol. The van der Waals surface area contributed by atoms with Crippen molar-refractivity contribution in [2.45, 2.75) is 32.9 Å². The van der Waals surface area contributed by atoms with Crippen molar-refractivity contribution in [1.82, 2.24) is 19.9 Å². The van der Waals surface area contributed by atoms with Crippen molar-refractivity contribution in [3.8, 4) is 0 Å². The van der Waals surface area contributed by atoms with E-state index in [1.54, 1.807) is 13.0 Å². The van der Waals surface area contributed by atoms with Gasteiger partial charge in [-0.2, -0.15) is 0 Å². The summed E-state index contributed by atoms with van der Waals surface area (Å²) in [4.78, 5) is 39.0. The molecular weight excluding hydrogens is 344 g/mol. The molecule has 1 N–H and O–H groups in total. The van der Waals surface area contributed by atoms with Gasteiger partial charge in [-0.3, -0.25) is 4.79 Å². The number of methoxy groups -OCH3 is 1. The number of amides is 1. The highest BCUT2D eigenvalue weighted by Gasteiger charge is 2.38. The molecule has 138 valence electrons. The summed E-state index contributed by atoms with van der Waals surface area (Å²) >= 11 is 0. The van der Waals surface area contributed by atoms with Crippen LogP contribution in [0, 0.1) is 13.8 Å². The SMILES string of the molecule is COC(=O)[C@@H]1Cc2c([nH]c3ccccc23)CN1C(=O)c1cc(C)nc(C)n1. The normalized spacial score (nSPS) is 16.3. The van der Waals surface area contributed by atoms with Crippen LogP contribution < -0.4 is 0 Å². The Kier molecular flexibility index (Phi) is 4.14. The fourth-order valence-electron chi connectivity index (χ4n) is 3.74. The first-order valence-electron chi connectivity index (χ1n) is 8.77. The third-order valence-corrected chi connectivity index (χ3v) is 4.92. The Morgan fingerprint density at radius 2 is 2.00 bits per heavy atom. The van der Waals surface area contributed by atoms with Gasteiger partial charge in [-0.25, -0.2) is 14.8 Å². The summed E-state index contributed by atoms with van der Waals surface area (Å²) in [5.74, 6) is -0.207. The Balaban J connectivity index is 1.78. The Labute approximate surface area is 156 Å². The molecule has 1 aliphatic heterocycles. The highest BCUT2D eigenvalue weighted by Crippen LogP contribution is 2.31. The average Bonchev–Trinajstić information content (AvgIpc) is 3.02. The zero-order valence-corrected chi connectivity index (χ0v) is 15.4. The second kappa shape index (κ2) is 6.50. The molecule has 1 aromatic carbocycles. The Morgan fingerprint density at radius 1 is 1.22 bits per heavy atom. The number of rotatable bonds is 2. The number of ether oxygens (including phenoxy) is 1. The number of nitrogens with zero attached hydrogens (tertiary/aromatic N) is 3. The molecule has 0 saturated heterocycles. The van der Waals surface area contributed by atoms with Crippen molar-refractivity contribution < 1.29 is 14.3 Å². The summed E-state index contributed by atoms with van der Waals surface area (Å²) in [6.07, 6.45) is 0.404. The minimum Gasteiger partial charge on any atom is -0.467 e. The van der Waals surface area contributed by atoms with Crippen molar-refractivity contribution in [3.63, 3.8) is 0 Å². The molecule has 2 aromatic heterocycles. The fourth-order valence-corrected chi connectivity index (χ4v) is 3.74. The summed E-state index contributed by atoms with van der Waals surface area (Å²) in [5.41, 5.74) is 3.98. The molecule has 3 heterocycles. The number of nitrogens with one attached hydrogen (secondary N) is 1. The summed E-state index contributed by atoms with van der Waals surface area (Å²) in [7, 11) is 1.34. The van der Waals surface area contributed by atoms with Crippen LogP contribution in [0.5, 0.6) is 0 Å². The largest absolute Gasteiger partial charge is 0.467 e. The smallest absolute Gasteiger partial charge is 0.328 e. The summed E-state index contributed by atoms with van der Waals surface area (Å²) in [6, 6.07) is 8.89. The number of esters is 1. The first kappa shape index (κ1) is 17.2. The molecule has 0 aliphatic carbocycles. The first-order valence-corrected chi connectivity index (χ1v) is 8.77. The van der Waals surface area contributed by atoms with Gasteiger partial charge in [0, 0.05) is 28.7 Å². The molecule has 0 spiro atoms. The zero-order valence-electron chi connectivity index (χ0n) is 15.4. The Bertz CT molecular complexity index is 1040. The molecule has 1 atom stereocenters. The second-order valence-electron chi connectivity index (χ2n) is 6.75. The number of hydrogen-bond acceptors (Lipinski definition) is 5. The van der Waals surface area contributed by atoms with Crippen LogP contribution >= 0.6 is 0 Å². The molecule has 0 unspecified atom stereocenters. The number of fused-ring (bicyclic) bond motifs is 3. The maximum Gasteiger partial charge on any atom is 0.328 e. The van der Waals surface area contributed by atoms with Crippen LogP contribution in [0.4, 0.5) is 0 Å². The Morgan fingerprint density at radius 3 is 2.74 bits per heavy atom. The van der Waals surface area contributed by atoms with Crippen molar-refractivity contribution in [3.05, 3.63) is 58.8 Å². The van der Waals surface area contributed by atoms with Gasteiger partial charge < -0.3 is 14.6 Å². The van der Waals surface area contributed by atoms with Gasteiger partial charge in [0.15, 0.2) is 0 Å². The summed E-state index contributed by atoms with van der Waals surface area (Å²) < 4.78 is 4.98. The number of aromatic nitrogens is 3. The molecule has 1 amide bonds. The van der Waals surface area contributed by atoms with Crippen LogP contribution in [0.3, 0.4) is 0 Å². The third-order valence-electron chi connectivity index (χ3n) is 4.92. The molecule has 0 radical (unpaired) electrons. The number of H-pyrrole nitrogens is 1. The van der Waals surface area contributed by atoms with Gasteiger partial charge in [-0.15, -0.1) is 0 Å². The molecular formula is C20H20N4O3. The van der Waals surface area contributed by atoms with Gasteiger partial charge in [-0.1, -0.05) is 18.2 Å². The van der Waals surface area contributed by atoms with Crippen LogP contribution in [0.1, 0.15) is 33.3 Å². The number of aryl methyl sites for hydroxylation is 2. The van der Waals surface area contributed by atoms with Crippen LogP contribution in [-0.4, -0.2) is 44.9 Å². The number of para-hydroxylation sites is 1. The number of hydrogen-bond donors (Lipinski definition) is 1.